The van der Waals surface area contributed by atoms with Gasteiger partial charge in [0.2, 0.25) is 0 Å². The molecule has 4 heteroatoms. The van der Waals surface area contributed by atoms with Gasteiger partial charge in [0, 0.05) is 18.7 Å². The number of nitriles is 1. The molecule has 1 aliphatic heterocycles. The SMILES string of the molecule is Cc1cc(CN2CCC(C)(CCC(C)C)C2)c(Cl)c(-c2ccc(C#N)c(F)c2)c1. The van der Waals surface area contributed by atoms with Gasteiger partial charge in [-0.25, -0.2) is 4.39 Å². The zero-order valence-corrected chi connectivity index (χ0v) is 18.6. The molecule has 0 radical (unpaired) electrons. The number of aryl methyl sites for hydroxylation is 1. The predicted octanol–water partition coefficient (Wildman–Crippen LogP) is 6.97. The van der Waals surface area contributed by atoms with E-state index in [1.54, 1.807) is 6.07 Å². The number of likely N-dealkylation sites (tertiary alicyclic amines) is 1. The molecule has 0 amide bonds. The summed E-state index contributed by atoms with van der Waals surface area (Å²) in [5.41, 5.74) is 4.15. The van der Waals surface area contributed by atoms with Crippen LogP contribution in [-0.4, -0.2) is 18.0 Å². The molecular formula is C25H30ClFN2. The number of benzene rings is 2. The van der Waals surface area contributed by atoms with Gasteiger partial charge in [0.25, 0.3) is 0 Å². The Balaban J connectivity index is 1.81. The maximum atomic E-state index is 14.1. The van der Waals surface area contributed by atoms with Crippen molar-refractivity contribution < 1.29 is 4.39 Å². The van der Waals surface area contributed by atoms with Crippen molar-refractivity contribution in [2.75, 3.05) is 13.1 Å². The summed E-state index contributed by atoms with van der Waals surface area (Å²) in [5.74, 6) is 0.229. The van der Waals surface area contributed by atoms with E-state index >= 15 is 0 Å². The lowest BCUT2D eigenvalue weighted by atomic mass is 9.83. The lowest BCUT2D eigenvalue weighted by Gasteiger charge is -2.26. The molecule has 3 rings (SSSR count). The highest BCUT2D eigenvalue weighted by atomic mass is 35.5. The van der Waals surface area contributed by atoms with Gasteiger partial charge in [0.15, 0.2) is 0 Å². The summed E-state index contributed by atoms with van der Waals surface area (Å²) in [6, 6.07) is 10.7. The van der Waals surface area contributed by atoms with Gasteiger partial charge < -0.3 is 0 Å². The van der Waals surface area contributed by atoms with Gasteiger partial charge >= 0.3 is 0 Å². The largest absolute Gasteiger partial charge is 0.298 e. The van der Waals surface area contributed by atoms with Crippen molar-refractivity contribution in [1.82, 2.24) is 4.90 Å². The molecule has 2 nitrogen and oxygen atoms in total. The van der Waals surface area contributed by atoms with E-state index in [1.165, 1.54) is 31.4 Å². The summed E-state index contributed by atoms with van der Waals surface area (Å²) < 4.78 is 14.1. The molecule has 0 bridgehead atoms. The minimum atomic E-state index is -0.510. The zero-order chi connectivity index (χ0) is 21.2. The number of hydrogen-bond acceptors (Lipinski definition) is 2. The molecule has 1 atom stereocenters. The van der Waals surface area contributed by atoms with Crippen molar-refractivity contribution in [3.05, 3.63) is 57.9 Å². The molecule has 0 aromatic heterocycles. The van der Waals surface area contributed by atoms with Crippen molar-refractivity contribution in [2.24, 2.45) is 11.3 Å². The van der Waals surface area contributed by atoms with Gasteiger partial charge in [-0.15, -0.1) is 0 Å². The predicted molar refractivity (Wildman–Crippen MR) is 118 cm³/mol. The summed E-state index contributed by atoms with van der Waals surface area (Å²) in [5, 5.41) is 9.65. The molecule has 1 heterocycles. The van der Waals surface area contributed by atoms with Crippen molar-refractivity contribution in [3.63, 3.8) is 0 Å². The maximum absolute atomic E-state index is 14.1. The minimum absolute atomic E-state index is 0.0514. The molecule has 0 spiro atoms. The Bertz CT molecular complexity index is 931. The number of rotatable bonds is 6. The molecule has 1 fully saturated rings. The van der Waals surface area contributed by atoms with Gasteiger partial charge in [-0.2, -0.15) is 5.26 Å². The molecule has 1 aliphatic rings. The van der Waals surface area contributed by atoms with E-state index in [0.29, 0.717) is 16.0 Å². The first-order chi connectivity index (χ1) is 13.7. The summed E-state index contributed by atoms with van der Waals surface area (Å²) in [6.07, 6.45) is 3.75. The number of hydrogen-bond donors (Lipinski definition) is 0. The summed E-state index contributed by atoms with van der Waals surface area (Å²) in [4.78, 5) is 2.49. The maximum Gasteiger partial charge on any atom is 0.141 e. The van der Waals surface area contributed by atoms with E-state index in [9.17, 15) is 4.39 Å². The van der Waals surface area contributed by atoms with Crippen LogP contribution in [-0.2, 0) is 6.54 Å². The first-order valence-electron chi connectivity index (χ1n) is 10.4. The Labute approximate surface area is 179 Å². The normalized spacial score (nSPS) is 19.7. The lowest BCUT2D eigenvalue weighted by molar-refractivity contribution is 0.244. The van der Waals surface area contributed by atoms with Gasteiger partial charge in [0.1, 0.15) is 11.9 Å². The Morgan fingerprint density at radius 3 is 2.69 bits per heavy atom. The van der Waals surface area contributed by atoms with Crippen LogP contribution in [0.2, 0.25) is 5.02 Å². The van der Waals surface area contributed by atoms with E-state index in [4.69, 9.17) is 16.9 Å². The highest BCUT2D eigenvalue weighted by Gasteiger charge is 2.33. The number of nitrogens with zero attached hydrogens (tertiary/aromatic N) is 2. The third-order valence-corrected chi connectivity index (χ3v) is 6.50. The molecule has 0 saturated carbocycles. The van der Waals surface area contributed by atoms with Crippen LogP contribution >= 0.6 is 11.6 Å². The molecule has 29 heavy (non-hydrogen) atoms. The molecule has 2 aromatic carbocycles. The van der Waals surface area contributed by atoms with Crippen molar-refractivity contribution in [2.45, 2.75) is 53.5 Å². The second-order valence-electron chi connectivity index (χ2n) is 9.30. The van der Waals surface area contributed by atoms with Crippen LogP contribution in [0.25, 0.3) is 11.1 Å². The van der Waals surface area contributed by atoms with E-state index in [1.807, 2.05) is 19.1 Å². The Morgan fingerprint density at radius 2 is 2.03 bits per heavy atom. The topological polar surface area (TPSA) is 27.0 Å². The van der Waals surface area contributed by atoms with Crippen LogP contribution < -0.4 is 0 Å². The van der Waals surface area contributed by atoms with Crippen LogP contribution in [0.1, 0.15) is 56.7 Å². The first-order valence-corrected chi connectivity index (χ1v) is 10.8. The van der Waals surface area contributed by atoms with Crippen LogP contribution in [0.5, 0.6) is 0 Å². The average Bonchev–Trinajstić information content (AvgIpc) is 3.04. The van der Waals surface area contributed by atoms with Gasteiger partial charge in [0.05, 0.1) is 10.6 Å². The molecule has 0 aliphatic carbocycles. The van der Waals surface area contributed by atoms with Crippen molar-refractivity contribution in [3.8, 4) is 17.2 Å². The molecular weight excluding hydrogens is 383 g/mol. The van der Waals surface area contributed by atoms with E-state index < -0.39 is 5.82 Å². The third kappa shape index (κ3) is 5.18. The van der Waals surface area contributed by atoms with Gasteiger partial charge in [-0.3, -0.25) is 4.90 Å². The summed E-state index contributed by atoms with van der Waals surface area (Å²) >= 11 is 6.78. The molecule has 2 aromatic rings. The zero-order valence-electron chi connectivity index (χ0n) is 17.9. The van der Waals surface area contributed by atoms with E-state index in [-0.39, 0.29) is 5.56 Å². The average molecular weight is 413 g/mol. The van der Waals surface area contributed by atoms with Crippen LogP contribution in [0.15, 0.2) is 30.3 Å². The van der Waals surface area contributed by atoms with Gasteiger partial charge in [-0.1, -0.05) is 56.5 Å². The Morgan fingerprint density at radius 1 is 1.28 bits per heavy atom. The minimum Gasteiger partial charge on any atom is -0.298 e. The lowest BCUT2D eigenvalue weighted by Crippen LogP contribution is -2.25. The van der Waals surface area contributed by atoms with Gasteiger partial charge in [-0.05, 0) is 67.0 Å². The molecule has 0 N–H and O–H groups in total. The second-order valence-corrected chi connectivity index (χ2v) is 9.67. The van der Waals surface area contributed by atoms with Crippen LogP contribution in [0, 0.1) is 35.4 Å². The highest BCUT2D eigenvalue weighted by molar-refractivity contribution is 6.34. The quantitative estimate of drug-likeness (QED) is 0.512. The van der Waals surface area contributed by atoms with Crippen molar-refractivity contribution >= 4 is 11.6 Å². The smallest absolute Gasteiger partial charge is 0.141 e. The third-order valence-electron chi connectivity index (χ3n) is 6.05. The van der Waals surface area contributed by atoms with E-state index in [2.05, 4.69) is 31.7 Å². The standard InChI is InChI=1S/C25H30ClFN2/c1-17(2)7-8-25(4)9-10-29(16-25)15-21-11-18(3)12-22(24(21)26)19-5-6-20(14-28)23(27)13-19/h5-6,11-13,17H,7-10,15-16H2,1-4H3. The first kappa shape index (κ1) is 21.8. The summed E-state index contributed by atoms with van der Waals surface area (Å²) in [6.45, 7) is 12.0. The molecule has 1 unspecified atom stereocenters. The molecule has 154 valence electrons. The fourth-order valence-electron chi connectivity index (χ4n) is 4.29. The monoisotopic (exact) mass is 412 g/mol. The number of halogens is 2. The Kier molecular flexibility index (Phi) is 6.66. The van der Waals surface area contributed by atoms with Crippen LogP contribution in [0.4, 0.5) is 4.39 Å². The van der Waals surface area contributed by atoms with Crippen molar-refractivity contribution in [1.29, 1.82) is 5.26 Å². The summed E-state index contributed by atoms with van der Waals surface area (Å²) in [7, 11) is 0. The Hall–Kier alpha value is -1.89. The fourth-order valence-corrected chi connectivity index (χ4v) is 4.56. The fraction of sp³-hybridized carbons (Fsp3) is 0.480. The second kappa shape index (κ2) is 8.86. The van der Waals surface area contributed by atoms with Crippen LogP contribution in [0.3, 0.4) is 0 Å². The highest BCUT2D eigenvalue weighted by Crippen LogP contribution is 2.38. The van der Waals surface area contributed by atoms with E-state index in [0.717, 1.165) is 42.2 Å². The molecule has 1 saturated heterocycles.